The molecule has 0 atom stereocenters. The van der Waals surface area contributed by atoms with Crippen LogP contribution < -0.4 is 5.32 Å². The predicted octanol–water partition coefficient (Wildman–Crippen LogP) is 6.62. The molecule has 5 nitrogen and oxygen atoms in total. The molecule has 3 aromatic carbocycles. The summed E-state index contributed by atoms with van der Waals surface area (Å²) < 4.78 is 1.95. The molecule has 0 bridgehead atoms. The van der Waals surface area contributed by atoms with E-state index in [1.165, 1.54) is 11.8 Å². The van der Waals surface area contributed by atoms with Crippen LogP contribution in [0.2, 0.25) is 5.02 Å². The van der Waals surface area contributed by atoms with E-state index < -0.39 is 0 Å². The van der Waals surface area contributed by atoms with Crippen LogP contribution in [0.4, 0.5) is 5.69 Å². The standard InChI is InChI=1S/C26H25ClN4OS/c1-26(2,3)21-14-7-8-15-22(21)28-23(32)17-33-25-30-29-24(18-10-9-11-19(27)16-18)31(25)20-12-5-4-6-13-20/h4-16H,17H2,1-3H3,(H,28,32). The third kappa shape index (κ3) is 5.46. The lowest BCUT2D eigenvalue weighted by Crippen LogP contribution is -2.20. The van der Waals surface area contributed by atoms with Gasteiger partial charge in [0.1, 0.15) is 0 Å². The molecule has 0 aliphatic heterocycles. The Bertz CT molecular complexity index is 1260. The quantitative estimate of drug-likeness (QED) is 0.318. The SMILES string of the molecule is CC(C)(C)c1ccccc1NC(=O)CSc1nnc(-c2cccc(Cl)c2)n1-c1ccccc1. The lowest BCUT2D eigenvalue weighted by atomic mass is 9.86. The van der Waals surface area contributed by atoms with Crippen LogP contribution in [-0.4, -0.2) is 26.4 Å². The second kappa shape index (κ2) is 9.81. The van der Waals surface area contributed by atoms with Gasteiger partial charge in [-0.3, -0.25) is 9.36 Å². The van der Waals surface area contributed by atoms with Crippen LogP contribution in [0.25, 0.3) is 17.1 Å². The van der Waals surface area contributed by atoms with Crippen molar-refractivity contribution in [3.8, 4) is 17.1 Å². The van der Waals surface area contributed by atoms with E-state index in [9.17, 15) is 4.79 Å². The van der Waals surface area contributed by atoms with Gasteiger partial charge in [-0.15, -0.1) is 10.2 Å². The zero-order chi connectivity index (χ0) is 23.4. The molecule has 4 aromatic rings. The number of nitrogens with one attached hydrogen (secondary N) is 1. The van der Waals surface area contributed by atoms with Gasteiger partial charge in [-0.05, 0) is 41.3 Å². The topological polar surface area (TPSA) is 59.8 Å². The van der Waals surface area contributed by atoms with E-state index in [4.69, 9.17) is 11.6 Å². The van der Waals surface area contributed by atoms with E-state index in [0.717, 1.165) is 22.5 Å². The fourth-order valence-corrected chi connectivity index (χ4v) is 4.49. The summed E-state index contributed by atoms with van der Waals surface area (Å²) in [6.07, 6.45) is 0. The van der Waals surface area contributed by atoms with Crippen molar-refractivity contribution in [2.24, 2.45) is 0 Å². The van der Waals surface area contributed by atoms with Gasteiger partial charge in [0.15, 0.2) is 11.0 Å². The van der Waals surface area contributed by atoms with E-state index in [0.29, 0.717) is 16.0 Å². The number of rotatable bonds is 6. The molecule has 0 unspecified atom stereocenters. The number of nitrogens with zero attached hydrogens (tertiary/aromatic N) is 3. The summed E-state index contributed by atoms with van der Waals surface area (Å²) in [5.74, 6) is 0.784. The Morgan fingerprint density at radius 3 is 2.42 bits per heavy atom. The number of hydrogen-bond acceptors (Lipinski definition) is 4. The smallest absolute Gasteiger partial charge is 0.234 e. The van der Waals surface area contributed by atoms with Gasteiger partial charge in [-0.25, -0.2) is 0 Å². The first-order chi connectivity index (χ1) is 15.8. The highest BCUT2D eigenvalue weighted by Crippen LogP contribution is 2.31. The first-order valence-electron chi connectivity index (χ1n) is 10.6. The second-order valence-electron chi connectivity index (χ2n) is 8.62. The van der Waals surface area contributed by atoms with Crippen molar-refractivity contribution < 1.29 is 4.79 Å². The van der Waals surface area contributed by atoms with Crippen LogP contribution in [-0.2, 0) is 10.2 Å². The van der Waals surface area contributed by atoms with Crippen molar-refractivity contribution in [3.05, 3.63) is 89.4 Å². The molecule has 0 fully saturated rings. The molecule has 1 heterocycles. The monoisotopic (exact) mass is 476 g/mol. The number of para-hydroxylation sites is 2. The zero-order valence-corrected chi connectivity index (χ0v) is 20.3. The highest BCUT2D eigenvalue weighted by molar-refractivity contribution is 7.99. The second-order valence-corrected chi connectivity index (χ2v) is 10.00. The maximum atomic E-state index is 12.8. The van der Waals surface area contributed by atoms with E-state index >= 15 is 0 Å². The summed E-state index contributed by atoms with van der Waals surface area (Å²) in [5, 5.41) is 13.1. The number of anilines is 1. The molecule has 1 N–H and O–H groups in total. The molecule has 168 valence electrons. The molecule has 1 amide bonds. The molecular formula is C26H25ClN4OS. The average molecular weight is 477 g/mol. The first kappa shape index (κ1) is 23.1. The van der Waals surface area contributed by atoms with Crippen molar-refractivity contribution in [1.82, 2.24) is 14.8 Å². The number of carbonyl (C=O) groups is 1. The van der Waals surface area contributed by atoms with Crippen molar-refractivity contribution >= 4 is 35.0 Å². The Balaban J connectivity index is 1.59. The molecule has 1 aromatic heterocycles. The zero-order valence-electron chi connectivity index (χ0n) is 18.7. The number of benzene rings is 3. The lowest BCUT2D eigenvalue weighted by Gasteiger charge is -2.23. The number of thioether (sulfide) groups is 1. The van der Waals surface area contributed by atoms with Crippen molar-refractivity contribution in [2.75, 3.05) is 11.1 Å². The molecule has 0 saturated carbocycles. The van der Waals surface area contributed by atoms with E-state index in [1.807, 2.05) is 83.4 Å². The molecule has 33 heavy (non-hydrogen) atoms. The molecule has 0 saturated heterocycles. The fraction of sp³-hybridized carbons (Fsp3) is 0.192. The van der Waals surface area contributed by atoms with Gasteiger partial charge < -0.3 is 5.32 Å². The number of halogens is 1. The molecule has 0 radical (unpaired) electrons. The normalized spacial score (nSPS) is 11.4. The Labute approximate surface area is 203 Å². The van der Waals surface area contributed by atoms with Crippen LogP contribution in [0.5, 0.6) is 0 Å². The summed E-state index contributed by atoms with van der Waals surface area (Å²) in [5.41, 5.74) is 3.63. The fourth-order valence-electron chi connectivity index (χ4n) is 3.55. The lowest BCUT2D eigenvalue weighted by molar-refractivity contribution is -0.113. The molecule has 7 heteroatoms. The minimum Gasteiger partial charge on any atom is -0.325 e. The third-order valence-electron chi connectivity index (χ3n) is 5.07. The molecule has 0 aliphatic carbocycles. The Hall–Kier alpha value is -3.09. The van der Waals surface area contributed by atoms with Gasteiger partial charge in [0, 0.05) is 22.0 Å². The molecule has 4 rings (SSSR count). The highest BCUT2D eigenvalue weighted by atomic mass is 35.5. The highest BCUT2D eigenvalue weighted by Gasteiger charge is 2.20. The van der Waals surface area contributed by atoms with Crippen molar-refractivity contribution in [1.29, 1.82) is 0 Å². The van der Waals surface area contributed by atoms with Crippen LogP contribution in [0.15, 0.2) is 84.0 Å². The van der Waals surface area contributed by atoms with Crippen LogP contribution in [0, 0.1) is 0 Å². The Morgan fingerprint density at radius 1 is 0.970 bits per heavy atom. The van der Waals surface area contributed by atoms with Gasteiger partial charge in [-0.1, -0.05) is 92.7 Å². The summed E-state index contributed by atoms with van der Waals surface area (Å²) in [4.78, 5) is 12.8. The van der Waals surface area contributed by atoms with Gasteiger partial charge >= 0.3 is 0 Å². The van der Waals surface area contributed by atoms with Gasteiger partial charge in [0.2, 0.25) is 5.91 Å². The van der Waals surface area contributed by atoms with Crippen LogP contribution in [0.3, 0.4) is 0 Å². The maximum Gasteiger partial charge on any atom is 0.234 e. The largest absolute Gasteiger partial charge is 0.325 e. The predicted molar refractivity (Wildman–Crippen MR) is 136 cm³/mol. The molecule has 0 spiro atoms. The van der Waals surface area contributed by atoms with Gasteiger partial charge in [-0.2, -0.15) is 0 Å². The van der Waals surface area contributed by atoms with E-state index in [-0.39, 0.29) is 17.1 Å². The minimum absolute atomic E-state index is 0.0731. The molecular weight excluding hydrogens is 452 g/mol. The van der Waals surface area contributed by atoms with E-state index in [2.05, 4.69) is 36.3 Å². The number of amides is 1. The van der Waals surface area contributed by atoms with Crippen LogP contribution in [0.1, 0.15) is 26.3 Å². The number of carbonyl (C=O) groups excluding carboxylic acids is 1. The average Bonchev–Trinajstić information content (AvgIpc) is 3.22. The van der Waals surface area contributed by atoms with Crippen molar-refractivity contribution in [3.63, 3.8) is 0 Å². The summed E-state index contributed by atoms with van der Waals surface area (Å²) in [7, 11) is 0. The van der Waals surface area contributed by atoms with E-state index in [1.54, 1.807) is 0 Å². The minimum atomic E-state index is -0.0939. The number of aromatic nitrogens is 3. The summed E-state index contributed by atoms with van der Waals surface area (Å²) in [6.45, 7) is 6.39. The first-order valence-corrected chi connectivity index (χ1v) is 12.0. The van der Waals surface area contributed by atoms with Gasteiger partial charge in [0.05, 0.1) is 5.75 Å². The summed E-state index contributed by atoms with van der Waals surface area (Å²) >= 11 is 7.56. The number of hydrogen-bond donors (Lipinski definition) is 1. The third-order valence-corrected chi connectivity index (χ3v) is 6.24. The Kier molecular flexibility index (Phi) is 6.86. The van der Waals surface area contributed by atoms with Crippen LogP contribution >= 0.6 is 23.4 Å². The molecule has 0 aliphatic rings. The summed E-state index contributed by atoms with van der Waals surface area (Å²) in [6, 6.07) is 25.3. The Morgan fingerprint density at radius 2 is 1.70 bits per heavy atom. The maximum absolute atomic E-state index is 12.8. The van der Waals surface area contributed by atoms with Crippen molar-refractivity contribution in [2.45, 2.75) is 31.3 Å². The van der Waals surface area contributed by atoms with Gasteiger partial charge in [0.25, 0.3) is 0 Å².